The largest absolute Gasteiger partial charge is 0.465 e. The lowest BCUT2D eigenvalue weighted by Crippen LogP contribution is -2.27. The van der Waals surface area contributed by atoms with Crippen molar-refractivity contribution in [3.8, 4) is 0 Å². The van der Waals surface area contributed by atoms with Gasteiger partial charge in [0, 0.05) is 0 Å². The number of nitrogens with one attached hydrogen (secondary N) is 1. The number of esters is 1. The van der Waals surface area contributed by atoms with Crippen LogP contribution in [-0.2, 0) is 9.53 Å². The molecule has 100 valence electrons. The van der Waals surface area contributed by atoms with Crippen LogP contribution in [0.2, 0.25) is 0 Å². The van der Waals surface area contributed by atoms with Gasteiger partial charge in [0.15, 0.2) is 0 Å². The second-order valence-electron chi connectivity index (χ2n) is 5.04. The normalized spacial score (nSPS) is 17.0. The van der Waals surface area contributed by atoms with Crippen LogP contribution in [0, 0.1) is 5.92 Å². The summed E-state index contributed by atoms with van der Waals surface area (Å²) in [5.41, 5.74) is 0. The maximum atomic E-state index is 11.3. The SMILES string of the molecule is CCCCOC(=O)CNCCC1CCCCC1. The Kier molecular flexibility index (Phi) is 8.06. The molecule has 1 fully saturated rings. The fourth-order valence-electron chi connectivity index (χ4n) is 2.35. The first-order chi connectivity index (χ1) is 8.33. The Morgan fingerprint density at radius 2 is 2.06 bits per heavy atom. The van der Waals surface area contributed by atoms with E-state index >= 15 is 0 Å². The molecule has 1 aliphatic rings. The molecule has 1 rings (SSSR count). The minimum Gasteiger partial charge on any atom is -0.465 e. The van der Waals surface area contributed by atoms with Gasteiger partial charge in [-0.1, -0.05) is 45.4 Å². The van der Waals surface area contributed by atoms with Gasteiger partial charge < -0.3 is 10.1 Å². The lowest BCUT2D eigenvalue weighted by Gasteiger charge is -2.21. The molecule has 0 radical (unpaired) electrons. The molecule has 0 aromatic carbocycles. The molecule has 1 aliphatic carbocycles. The maximum Gasteiger partial charge on any atom is 0.319 e. The number of hydrogen-bond acceptors (Lipinski definition) is 3. The highest BCUT2D eigenvalue weighted by molar-refractivity contribution is 5.71. The van der Waals surface area contributed by atoms with Crippen LogP contribution in [0.3, 0.4) is 0 Å². The summed E-state index contributed by atoms with van der Waals surface area (Å²) >= 11 is 0. The highest BCUT2D eigenvalue weighted by Crippen LogP contribution is 2.25. The second-order valence-corrected chi connectivity index (χ2v) is 5.04. The summed E-state index contributed by atoms with van der Waals surface area (Å²) in [5.74, 6) is 0.773. The highest BCUT2D eigenvalue weighted by atomic mass is 16.5. The van der Waals surface area contributed by atoms with Gasteiger partial charge in [-0.25, -0.2) is 0 Å². The fourth-order valence-corrected chi connectivity index (χ4v) is 2.35. The lowest BCUT2D eigenvalue weighted by atomic mass is 9.87. The smallest absolute Gasteiger partial charge is 0.319 e. The number of unbranched alkanes of at least 4 members (excludes halogenated alkanes) is 1. The Morgan fingerprint density at radius 3 is 2.76 bits per heavy atom. The van der Waals surface area contributed by atoms with Crippen LogP contribution in [0.5, 0.6) is 0 Å². The van der Waals surface area contributed by atoms with Crippen molar-refractivity contribution in [3.05, 3.63) is 0 Å². The van der Waals surface area contributed by atoms with Gasteiger partial charge in [0.2, 0.25) is 0 Å². The molecule has 0 amide bonds. The molecule has 0 spiro atoms. The number of carbonyl (C=O) groups excluding carboxylic acids is 1. The maximum absolute atomic E-state index is 11.3. The zero-order chi connectivity index (χ0) is 12.3. The van der Waals surface area contributed by atoms with Crippen LogP contribution >= 0.6 is 0 Å². The molecule has 3 nitrogen and oxygen atoms in total. The summed E-state index contributed by atoms with van der Waals surface area (Å²) in [4.78, 5) is 11.3. The molecule has 0 aromatic rings. The van der Waals surface area contributed by atoms with E-state index in [0.717, 1.165) is 25.3 Å². The summed E-state index contributed by atoms with van der Waals surface area (Å²) in [6.07, 6.45) is 10.2. The van der Waals surface area contributed by atoms with E-state index in [1.165, 1.54) is 38.5 Å². The van der Waals surface area contributed by atoms with E-state index < -0.39 is 0 Å². The van der Waals surface area contributed by atoms with Crippen molar-refractivity contribution in [2.24, 2.45) is 5.92 Å². The van der Waals surface area contributed by atoms with E-state index in [4.69, 9.17) is 4.74 Å². The van der Waals surface area contributed by atoms with Crippen molar-refractivity contribution in [3.63, 3.8) is 0 Å². The van der Waals surface area contributed by atoms with Crippen molar-refractivity contribution < 1.29 is 9.53 Å². The quantitative estimate of drug-likeness (QED) is 0.524. The first kappa shape index (κ1) is 14.5. The molecule has 0 saturated heterocycles. The first-order valence-corrected chi connectivity index (χ1v) is 7.19. The number of ether oxygens (including phenoxy) is 1. The summed E-state index contributed by atoms with van der Waals surface area (Å²) in [6.45, 7) is 3.99. The van der Waals surface area contributed by atoms with Crippen molar-refractivity contribution in [1.29, 1.82) is 0 Å². The fraction of sp³-hybridized carbons (Fsp3) is 0.929. The molecule has 0 atom stereocenters. The monoisotopic (exact) mass is 241 g/mol. The van der Waals surface area contributed by atoms with Gasteiger partial charge in [-0.3, -0.25) is 4.79 Å². The molecule has 17 heavy (non-hydrogen) atoms. The Bertz CT molecular complexity index is 200. The number of carbonyl (C=O) groups is 1. The zero-order valence-corrected chi connectivity index (χ0v) is 11.2. The summed E-state index contributed by atoms with van der Waals surface area (Å²) < 4.78 is 5.07. The average Bonchev–Trinajstić information content (AvgIpc) is 2.36. The van der Waals surface area contributed by atoms with Gasteiger partial charge in [-0.2, -0.15) is 0 Å². The predicted molar refractivity (Wildman–Crippen MR) is 69.9 cm³/mol. The van der Waals surface area contributed by atoms with E-state index in [-0.39, 0.29) is 5.97 Å². The van der Waals surface area contributed by atoms with Gasteiger partial charge in [-0.15, -0.1) is 0 Å². The van der Waals surface area contributed by atoms with Crippen LogP contribution in [0.4, 0.5) is 0 Å². The summed E-state index contributed by atoms with van der Waals surface area (Å²) in [7, 11) is 0. The molecule has 0 aliphatic heterocycles. The van der Waals surface area contributed by atoms with E-state index in [1.807, 2.05) is 0 Å². The van der Waals surface area contributed by atoms with E-state index in [2.05, 4.69) is 12.2 Å². The van der Waals surface area contributed by atoms with E-state index in [9.17, 15) is 4.79 Å². The molecule has 0 aromatic heterocycles. The van der Waals surface area contributed by atoms with E-state index in [1.54, 1.807) is 0 Å². The summed E-state index contributed by atoms with van der Waals surface area (Å²) in [6, 6.07) is 0. The predicted octanol–water partition coefficient (Wildman–Crippen LogP) is 2.89. The molecular formula is C14H27NO2. The molecule has 0 bridgehead atoms. The Hall–Kier alpha value is -0.570. The highest BCUT2D eigenvalue weighted by Gasteiger charge is 2.12. The van der Waals surface area contributed by atoms with Crippen LogP contribution < -0.4 is 5.32 Å². The van der Waals surface area contributed by atoms with Crippen LogP contribution in [-0.4, -0.2) is 25.7 Å². The van der Waals surface area contributed by atoms with Gasteiger partial charge in [0.05, 0.1) is 13.2 Å². The third-order valence-corrected chi connectivity index (χ3v) is 3.48. The minimum absolute atomic E-state index is 0.109. The molecule has 1 saturated carbocycles. The Balaban J connectivity index is 1.90. The summed E-state index contributed by atoms with van der Waals surface area (Å²) in [5, 5.41) is 3.18. The molecule has 0 unspecified atom stereocenters. The average molecular weight is 241 g/mol. The van der Waals surface area contributed by atoms with Crippen LogP contribution in [0.1, 0.15) is 58.3 Å². The molecule has 0 heterocycles. The molecular weight excluding hydrogens is 214 g/mol. The van der Waals surface area contributed by atoms with Gasteiger partial charge in [0.25, 0.3) is 0 Å². The van der Waals surface area contributed by atoms with Crippen LogP contribution in [0.25, 0.3) is 0 Å². The van der Waals surface area contributed by atoms with Crippen LogP contribution in [0.15, 0.2) is 0 Å². The Labute approximate surface area is 105 Å². The van der Waals surface area contributed by atoms with Gasteiger partial charge in [0.1, 0.15) is 0 Å². The second kappa shape index (κ2) is 9.46. The standard InChI is InChI=1S/C14H27NO2/c1-2-3-11-17-14(16)12-15-10-9-13-7-5-4-6-8-13/h13,15H,2-12H2,1H3. The van der Waals surface area contributed by atoms with Gasteiger partial charge in [-0.05, 0) is 25.3 Å². The lowest BCUT2D eigenvalue weighted by molar-refractivity contribution is -0.142. The molecule has 3 heteroatoms. The Morgan fingerprint density at radius 1 is 1.29 bits per heavy atom. The third kappa shape index (κ3) is 7.37. The minimum atomic E-state index is -0.109. The third-order valence-electron chi connectivity index (χ3n) is 3.48. The van der Waals surface area contributed by atoms with Crippen molar-refractivity contribution in [2.75, 3.05) is 19.7 Å². The zero-order valence-electron chi connectivity index (χ0n) is 11.2. The van der Waals surface area contributed by atoms with Crippen molar-refractivity contribution >= 4 is 5.97 Å². The number of rotatable bonds is 8. The molecule has 1 N–H and O–H groups in total. The van der Waals surface area contributed by atoms with E-state index in [0.29, 0.717) is 13.2 Å². The topological polar surface area (TPSA) is 38.3 Å². The van der Waals surface area contributed by atoms with Crippen molar-refractivity contribution in [2.45, 2.75) is 58.3 Å². The first-order valence-electron chi connectivity index (χ1n) is 7.19. The number of hydrogen-bond donors (Lipinski definition) is 1. The van der Waals surface area contributed by atoms with Gasteiger partial charge >= 0.3 is 5.97 Å². The van der Waals surface area contributed by atoms with Crippen molar-refractivity contribution in [1.82, 2.24) is 5.32 Å².